The number of anilines is 1. The highest BCUT2D eigenvalue weighted by atomic mass is 16.6. The third-order valence-electron chi connectivity index (χ3n) is 5.01. The maximum atomic E-state index is 12.4. The van der Waals surface area contributed by atoms with Crippen LogP contribution in [-0.4, -0.2) is 62.4 Å². The summed E-state index contributed by atoms with van der Waals surface area (Å²) < 4.78 is 7.26. The van der Waals surface area contributed by atoms with Gasteiger partial charge in [0.25, 0.3) is 0 Å². The van der Waals surface area contributed by atoms with Crippen molar-refractivity contribution >= 4 is 17.6 Å². The number of carbonyl (C=O) groups excluding carboxylic acids is 1. The fourth-order valence-electron chi connectivity index (χ4n) is 3.49. The predicted octanol–water partition coefficient (Wildman–Crippen LogP) is 3.24. The Kier molecular flexibility index (Phi) is 4.86. The van der Waals surface area contributed by atoms with E-state index in [1.165, 1.54) is 0 Å². The lowest BCUT2D eigenvalue weighted by Gasteiger charge is -2.28. The van der Waals surface area contributed by atoms with Crippen molar-refractivity contribution in [3.63, 3.8) is 0 Å². The molecule has 0 aliphatic carbocycles. The molecule has 0 bridgehead atoms. The average Bonchev–Trinajstić information content (AvgIpc) is 3.33. The molecule has 8 nitrogen and oxygen atoms in total. The topological polar surface area (TPSA) is 75.9 Å². The molecule has 1 saturated heterocycles. The first-order valence-corrected chi connectivity index (χ1v) is 9.78. The molecule has 3 aromatic heterocycles. The zero-order valence-corrected chi connectivity index (χ0v) is 17.2. The van der Waals surface area contributed by atoms with Gasteiger partial charge in [-0.15, -0.1) is 0 Å². The number of carbonyl (C=O) groups is 1. The summed E-state index contributed by atoms with van der Waals surface area (Å²) in [5.74, 6) is 0.871. The molecule has 3 aromatic rings. The second-order valence-electron chi connectivity index (χ2n) is 8.31. The molecule has 1 atom stereocenters. The van der Waals surface area contributed by atoms with Crippen molar-refractivity contribution in [1.82, 2.24) is 24.5 Å². The second kappa shape index (κ2) is 7.35. The first kappa shape index (κ1) is 19.2. The minimum atomic E-state index is -0.500. The minimum absolute atomic E-state index is 0.0862. The number of fused-ring (bicyclic) bond motifs is 1. The number of nitrogens with zero attached hydrogens (tertiary/aromatic N) is 6. The van der Waals surface area contributed by atoms with E-state index in [1.54, 1.807) is 28.9 Å². The van der Waals surface area contributed by atoms with Crippen LogP contribution >= 0.6 is 0 Å². The van der Waals surface area contributed by atoms with Gasteiger partial charge in [-0.3, -0.25) is 4.98 Å². The van der Waals surface area contributed by atoms with Crippen LogP contribution in [0.3, 0.4) is 0 Å². The van der Waals surface area contributed by atoms with E-state index in [-0.39, 0.29) is 12.1 Å². The van der Waals surface area contributed by atoms with Crippen LogP contribution in [0.4, 0.5) is 10.6 Å². The van der Waals surface area contributed by atoms with E-state index in [9.17, 15) is 4.79 Å². The Labute approximate surface area is 170 Å². The van der Waals surface area contributed by atoms with Crippen LogP contribution in [0.15, 0.2) is 42.9 Å². The summed E-state index contributed by atoms with van der Waals surface area (Å²) in [6.07, 6.45) is 6.04. The summed E-state index contributed by atoms with van der Waals surface area (Å²) in [6, 6.07) is 7.83. The molecule has 1 amide bonds. The van der Waals surface area contributed by atoms with Gasteiger partial charge in [-0.05, 0) is 45.4 Å². The smallest absolute Gasteiger partial charge is 0.410 e. The van der Waals surface area contributed by atoms with Crippen molar-refractivity contribution in [3.8, 4) is 11.3 Å². The van der Waals surface area contributed by atoms with Crippen LogP contribution < -0.4 is 4.90 Å². The highest BCUT2D eigenvalue weighted by Crippen LogP contribution is 2.26. The van der Waals surface area contributed by atoms with Gasteiger partial charge in [0.2, 0.25) is 0 Å². The summed E-state index contributed by atoms with van der Waals surface area (Å²) in [7, 11) is 1.80. The summed E-state index contributed by atoms with van der Waals surface area (Å²) in [6.45, 7) is 7.18. The highest BCUT2D eigenvalue weighted by Gasteiger charge is 2.31. The van der Waals surface area contributed by atoms with E-state index in [2.05, 4.69) is 15.0 Å². The normalized spacial score (nSPS) is 17.0. The van der Waals surface area contributed by atoms with E-state index in [1.807, 2.05) is 51.2 Å². The molecule has 8 heteroatoms. The van der Waals surface area contributed by atoms with Gasteiger partial charge in [0.15, 0.2) is 5.65 Å². The van der Waals surface area contributed by atoms with Gasteiger partial charge in [-0.25, -0.2) is 14.3 Å². The molecule has 1 unspecified atom stereocenters. The number of aromatic nitrogens is 4. The molecule has 0 spiro atoms. The van der Waals surface area contributed by atoms with Crippen LogP contribution in [0, 0.1) is 0 Å². The minimum Gasteiger partial charge on any atom is -0.444 e. The molecule has 0 aromatic carbocycles. The molecule has 152 valence electrons. The fourth-order valence-corrected chi connectivity index (χ4v) is 3.49. The van der Waals surface area contributed by atoms with Gasteiger partial charge < -0.3 is 14.5 Å². The van der Waals surface area contributed by atoms with E-state index in [4.69, 9.17) is 9.72 Å². The number of ether oxygens (including phenoxy) is 1. The van der Waals surface area contributed by atoms with Gasteiger partial charge >= 0.3 is 6.09 Å². The van der Waals surface area contributed by atoms with E-state index in [0.717, 1.165) is 35.7 Å². The summed E-state index contributed by atoms with van der Waals surface area (Å²) in [5, 5.41) is 4.39. The Bertz CT molecular complexity index is 1010. The predicted molar refractivity (Wildman–Crippen MR) is 111 cm³/mol. The zero-order valence-electron chi connectivity index (χ0n) is 17.2. The first-order chi connectivity index (χ1) is 13.8. The van der Waals surface area contributed by atoms with Crippen LogP contribution in [-0.2, 0) is 4.74 Å². The van der Waals surface area contributed by atoms with Crippen molar-refractivity contribution in [2.24, 2.45) is 0 Å². The molecular formula is C21H26N6O2. The van der Waals surface area contributed by atoms with Crippen LogP contribution in [0.1, 0.15) is 27.2 Å². The van der Waals surface area contributed by atoms with Gasteiger partial charge in [-0.2, -0.15) is 5.10 Å². The monoisotopic (exact) mass is 394 g/mol. The molecule has 4 rings (SSSR count). The number of amides is 1. The summed E-state index contributed by atoms with van der Waals surface area (Å²) >= 11 is 0. The third-order valence-corrected chi connectivity index (χ3v) is 5.01. The summed E-state index contributed by atoms with van der Waals surface area (Å²) in [4.78, 5) is 25.5. The molecule has 0 radical (unpaired) electrons. The maximum Gasteiger partial charge on any atom is 0.410 e. The highest BCUT2D eigenvalue weighted by molar-refractivity contribution is 5.75. The van der Waals surface area contributed by atoms with Crippen molar-refractivity contribution in [2.75, 3.05) is 25.0 Å². The fraction of sp³-hybridized carbons (Fsp3) is 0.429. The van der Waals surface area contributed by atoms with Crippen molar-refractivity contribution in [2.45, 2.75) is 38.8 Å². The van der Waals surface area contributed by atoms with Gasteiger partial charge in [0.1, 0.15) is 11.4 Å². The molecule has 29 heavy (non-hydrogen) atoms. The molecule has 1 aliphatic heterocycles. The standard InChI is InChI=1S/C21H26N6O2/c1-21(2,3)29-20(28)25(4)15-8-11-26(14-15)18-9-12-27-19(24-18)16(13-23-27)17-7-5-6-10-22-17/h5-7,9-10,12-13,15H,8,11,14H2,1-4H3. The number of hydrogen-bond donors (Lipinski definition) is 0. The lowest BCUT2D eigenvalue weighted by atomic mass is 10.2. The van der Waals surface area contributed by atoms with Crippen LogP contribution in [0.25, 0.3) is 16.9 Å². The van der Waals surface area contributed by atoms with Gasteiger partial charge in [-0.1, -0.05) is 6.07 Å². The third kappa shape index (κ3) is 4.01. The SMILES string of the molecule is CN(C(=O)OC(C)(C)C)C1CCN(c2ccn3ncc(-c4ccccn4)c3n2)C1. The summed E-state index contributed by atoms with van der Waals surface area (Å²) in [5.41, 5.74) is 2.01. The Balaban J connectivity index is 1.53. The van der Waals surface area contributed by atoms with Crippen LogP contribution in [0.5, 0.6) is 0 Å². The van der Waals surface area contributed by atoms with Crippen molar-refractivity contribution < 1.29 is 9.53 Å². The Morgan fingerprint density at radius 1 is 1.28 bits per heavy atom. The zero-order chi connectivity index (χ0) is 20.6. The van der Waals surface area contributed by atoms with Gasteiger partial charge in [0.05, 0.1) is 23.5 Å². The molecule has 1 fully saturated rings. The van der Waals surface area contributed by atoms with E-state index >= 15 is 0 Å². The Morgan fingerprint density at radius 3 is 2.83 bits per heavy atom. The lowest BCUT2D eigenvalue weighted by molar-refractivity contribution is 0.0238. The number of rotatable bonds is 3. The average molecular weight is 394 g/mol. The molecular weight excluding hydrogens is 368 g/mol. The largest absolute Gasteiger partial charge is 0.444 e. The number of hydrogen-bond acceptors (Lipinski definition) is 6. The Hall–Kier alpha value is -3.16. The first-order valence-electron chi connectivity index (χ1n) is 9.78. The van der Waals surface area contributed by atoms with E-state index < -0.39 is 5.60 Å². The molecule has 1 aliphatic rings. The van der Waals surface area contributed by atoms with E-state index in [0.29, 0.717) is 6.54 Å². The van der Waals surface area contributed by atoms with Crippen LogP contribution in [0.2, 0.25) is 0 Å². The molecule has 0 saturated carbocycles. The van der Waals surface area contributed by atoms with Crippen molar-refractivity contribution in [3.05, 3.63) is 42.9 Å². The molecule has 4 heterocycles. The lowest BCUT2D eigenvalue weighted by Crippen LogP contribution is -2.42. The van der Waals surface area contributed by atoms with Crippen molar-refractivity contribution in [1.29, 1.82) is 0 Å². The Morgan fingerprint density at radius 2 is 2.10 bits per heavy atom. The number of pyridine rings is 1. The van der Waals surface area contributed by atoms with Gasteiger partial charge in [0, 0.05) is 32.5 Å². The number of likely N-dealkylation sites (N-methyl/N-ethyl adjacent to an activating group) is 1. The quantitative estimate of drug-likeness (QED) is 0.679. The second-order valence-corrected chi connectivity index (χ2v) is 8.31. The molecule has 0 N–H and O–H groups in total. The maximum absolute atomic E-state index is 12.4.